The van der Waals surface area contributed by atoms with Gasteiger partial charge in [0, 0.05) is 0 Å². The van der Waals surface area contributed by atoms with E-state index in [0.717, 1.165) is 6.07 Å². The van der Waals surface area contributed by atoms with Crippen molar-refractivity contribution >= 4 is 5.97 Å². The van der Waals surface area contributed by atoms with Gasteiger partial charge in [0.25, 0.3) is 0 Å². The second kappa shape index (κ2) is 5.12. The number of carbonyl (C=O) groups excluding carboxylic acids is 1. The first-order valence-electron chi connectivity index (χ1n) is 4.45. The maximum atomic E-state index is 13.5. The SMILES string of the molecule is COC(=O)c1cc(CC#N)cc(F)c1OC. The van der Waals surface area contributed by atoms with Gasteiger partial charge < -0.3 is 9.47 Å². The third-order valence-electron chi connectivity index (χ3n) is 2.00. The van der Waals surface area contributed by atoms with E-state index in [1.54, 1.807) is 0 Å². The number of nitriles is 1. The van der Waals surface area contributed by atoms with Crippen LogP contribution in [0.2, 0.25) is 0 Å². The van der Waals surface area contributed by atoms with E-state index in [2.05, 4.69) is 4.74 Å². The second-order valence-corrected chi connectivity index (χ2v) is 2.98. The number of methoxy groups -OCH3 is 2. The van der Waals surface area contributed by atoms with Crippen LogP contribution in [0.4, 0.5) is 4.39 Å². The van der Waals surface area contributed by atoms with Crippen LogP contribution in [0.3, 0.4) is 0 Å². The molecule has 1 rings (SSSR count). The van der Waals surface area contributed by atoms with Crippen LogP contribution in [0.25, 0.3) is 0 Å². The topological polar surface area (TPSA) is 59.3 Å². The second-order valence-electron chi connectivity index (χ2n) is 2.98. The highest BCUT2D eigenvalue weighted by molar-refractivity contribution is 5.92. The largest absolute Gasteiger partial charge is 0.493 e. The molecular formula is C11H10FNO3. The molecule has 0 aromatic heterocycles. The van der Waals surface area contributed by atoms with E-state index in [9.17, 15) is 9.18 Å². The fourth-order valence-electron chi connectivity index (χ4n) is 1.31. The van der Waals surface area contributed by atoms with Crippen LogP contribution in [0.5, 0.6) is 5.75 Å². The highest BCUT2D eigenvalue weighted by Gasteiger charge is 2.18. The van der Waals surface area contributed by atoms with E-state index in [4.69, 9.17) is 10.00 Å². The van der Waals surface area contributed by atoms with Gasteiger partial charge in [0.2, 0.25) is 0 Å². The van der Waals surface area contributed by atoms with Crippen LogP contribution >= 0.6 is 0 Å². The Hall–Kier alpha value is -2.09. The molecule has 0 unspecified atom stereocenters. The molecule has 0 aliphatic rings. The van der Waals surface area contributed by atoms with Gasteiger partial charge in [-0.25, -0.2) is 9.18 Å². The van der Waals surface area contributed by atoms with E-state index in [1.807, 2.05) is 6.07 Å². The first-order valence-corrected chi connectivity index (χ1v) is 4.45. The van der Waals surface area contributed by atoms with Gasteiger partial charge in [0.1, 0.15) is 5.56 Å². The monoisotopic (exact) mass is 223 g/mol. The van der Waals surface area contributed by atoms with Gasteiger partial charge in [-0.2, -0.15) is 5.26 Å². The molecule has 0 heterocycles. The molecule has 0 atom stereocenters. The van der Waals surface area contributed by atoms with Gasteiger partial charge in [0.05, 0.1) is 26.7 Å². The van der Waals surface area contributed by atoms with E-state index < -0.39 is 11.8 Å². The Morgan fingerprint density at radius 1 is 1.50 bits per heavy atom. The lowest BCUT2D eigenvalue weighted by Gasteiger charge is -2.09. The Labute approximate surface area is 92.2 Å². The fraction of sp³-hybridized carbons (Fsp3) is 0.273. The molecule has 84 valence electrons. The molecule has 0 radical (unpaired) electrons. The summed E-state index contributed by atoms with van der Waals surface area (Å²) in [7, 11) is 2.45. The molecule has 1 aromatic carbocycles. The summed E-state index contributed by atoms with van der Waals surface area (Å²) in [6.07, 6.45) is 0.0188. The lowest BCUT2D eigenvalue weighted by Crippen LogP contribution is -2.06. The lowest BCUT2D eigenvalue weighted by atomic mass is 10.1. The minimum Gasteiger partial charge on any atom is -0.493 e. The summed E-state index contributed by atoms with van der Waals surface area (Å²) in [5.74, 6) is -1.56. The lowest BCUT2D eigenvalue weighted by molar-refractivity contribution is 0.0596. The van der Waals surface area contributed by atoms with Crippen molar-refractivity contribution in [2.45, 2.75) is 6.42 Å². The van der Waals surface area contributed by atoms with Gasteiger partial charge in [-0.05, 0) is 17.7 Å². The molecule has 0 N–H and O–H groups in total. The summed E-state index contributed by atoms with van der Waals surface area (Å²) in [6, 6.07) is 4.42. The van der Waals surface area contributed by atoms with Crippen LogP contribution in [0, 0.1) is 17.1 Å². The Balaban J connectivity index is 3.31. The fourth-order valence-corrected chi connectivity index (χ4v) is 1.31. The maximum absolute atomic E-state index is 13.5. The summed E-state index contributed by atoms with van der Waals surface area (Å²) < 4.78 is 22.8. The average molecular weight is 223 g/mol. The molecule has 0 spiro atoms. The summed E-state index contributed by atoms with van der Waals surface area (Å²) in [6.45, 7) is 0. The number of carbonyl (C=O) groups is 1. The van der Waals surface area contributed by atoms with Crippen molar-refractivity contribution in [3.63, 3.8) is 0 Å². The molecule has 4 nitrogen and oxygen atoms in total. The predicted octanol–water partition coefficient (Wildman–Crippen LogP) is 1.69. The number of nitrogens with zero attached hydrogens (tertiary/aromatic N) is 1. The average Bonchev–Trinajstić information content (AvgIpc) is 2.27. The molecule has 1 aromatic rings. The van der Waals surface area contributed by atoms with Gasteiger partial charge in [-0.15, -0.1) is 0 Å². The number of benzene rings is 1. The van der Waals surface area contributed by atoms with E-state index >= 15 is 0 Å². The minimum absolute atomic E-state index is 0.0183. The first-order chi connectivity index (χ1) is 7.63. The zero-order valence-corrected chi connectivity index (χ0v) is 8.91. The van der Waals surface area contributed by atoms with Crippen molar-refractivity contribution in [2.75, 3.05) is 14.2 Å². The third-order valence-corrected chi connectivity index (χ3v) is 2.00. The smallest absolute Gasteiger partial charge is 0.341 e. The van der Waals surface area contributed by atoms with E-state index in [1.165, 1.54) is 20.3 Å². The minimum atomic E-state index is -0.699. The zero-order chi connectivity index (χ0) is 12.1. The molecular weight excluding hydrogens is 213 g/mol. The summed E-state index contributed by atoms with van der Waals surface area (Å²) >= 11 is 0. The molecule has 16 heavy (non-hydrogen) atoms. The number of ether oxygens (including phenoxy) is 2. The van der Waals surface area contributed by atoms with Crippen molar-refractivity contribution < 1.29 is 18.7 Å². The molecule has 0 bridgehead atoms. The van der Waals surface area contributed by atoms with E-state index in [0.29, 0.717) is 5.56 Å². The number of hydrogen-bond donors (Lipinski definition) is 0. The molecule has 0 aliphatic carbocycles. The van der Waals surface area contributed by atoms with Gasteiger partial charge in [0.15, 0.2) is 11.6 Å². The Morgan fingerprint density at radius 2 is 2.19 bits per heavy atom. The predicted molar refractivity (Wildman–Crippen MR) is 53.6 cm³/mol. The highest BCUT2D eigenvalue weighted by atomic mass is 19.1. The van der Waals surface area contributed by atoms with Crippen molar-refractivity contribution in [2.24, 2.45) is 0 Å². The van der Waals surface area contributed by atoms with Crippen LogP contribution < -0.4 is 4.74 Å². The number of rotatable bonds is 3. The third kappa shape index (κ3) is 2.28. The molecule has 5 heteroatoms. The van der Waals surface area contributed by atoms with Gasteiger partial charge >= 0.3 is 5.97 Å². The van der Waals surface area contributed by atoms with E-state index in [-0.39, 0.29) is 17.7 Å². The van der Waals surface area contributed by atoms with Crippen LogP contribution in [-0.2, 0) is 11.2 Å². The first kappa shape index (κ1) is 12.0. The van der Waals surface area contributed by atoms with Crippen LogP contribution in [0.15, 0.2) is 12.1 Å². The molecule has 0 saturated carbocycles. The maximum Gasteiger partial charge on any atom is 0.341 e. The van der Waals surface area contributed by atoms with Crippen molar-refractivity contribution in [3.8, 4) is 11.8 Å². The molecule has 0 saturated heterocycles. The van der Waals surface area contributed by atoms with Gasteiger partial charge in [-0.1, -0.05) is 0 Å². The van der Waals surface area contributed by atoms with Crippen LogP contribution in [-0.4, -0.2) is 20.2 Å². The molecule has 0 fully saturated rings. The standard InChI is InChI=1S/C11H10FNO3/c1-15-10-8(11(14)16-2)5-7(3-4-13)6-9(10)12/h5-6H,3H2,1-2H3. The van der Waals surface area contributed by atoms with Crippen molar-refractivity contribution in [1.82, 2.24) is 0 Å². The summed E-state index contributed by atoms with van der Waals surface area (Å²) in [5, 5.41) is 8.50. The Morgan fingerprint density at radius 3 is 2.69 bits per heavy atom. The van der Waals surface area contributed by atoms with Crippen molar-refractivity contribution in [3.05, 3.63) is 29.1 Å². The van der Waals surface area contributed by atoms with Gasteiger partial charge in [-0.3, -0.25) is 0 Å². The summed E-state index contributed by atoms with van der Waals surface area (Å²) in [5.41, 5.74) is 0.386. The quantitative estimate of drug-likeness (QED) is 0.731. The Bertz CT molecular complexity index is 451. The normalized spacial score (nSPS) is 9.38. The number of halogens is 1. The zero-order valence-electron chi connectivity index (χ0n) is 8.91. The van der Waals surface area contributed by atoms with Crippen LogP contribution in [0.1, 0.15) is 15.9 Å². The molecule has 0 amide bonds. The number of hydrogen-bond acceptors (Lipinski definition) is 4. The van der Waals surface area contributed by atoms with Crippen molar-refractivity contribution in [1.29, 1.82) is 5.26 Å². The number of esters is 1. The highest BCUT2D eigenvalue weighted by Crippen LogP contribution is 2.25. The Kier molecular flexibility index (Phi) is 3.84. The summed E-state index contributed by atoms with van der Waals surface area (Å²) in [4.78, 5) is 11.4. The molecule has 0 aliphatic heterocycles.